The van der Waals surface area contributed by atoms with Crippen LogP contribution in [0.15, 0.2) is 54.6 Å². The number of carbonyl (C=O) groups excluding carboxylic acids is 2. The molecule has 3 N–H and O–H groups in total. The SMILES string of the molecule is O=C(O)CCNC(=O)c1ccc(NC(=O)C2(Cc3ccccc3)CCC2)cc1. The minimum atomic E-state index is -0.959. The summed E-state index contributed by atoms with van der Waals surface area (Å²) in [6, 6.07) is 16.7. The van der Waals surface area contributed by atoms with Crippen molar-refractivity contribution >= 4 is 23.5 Å². The van der Waals surface area contributed by atoms with Crippen LogP contribution in [-0.2, 0) is 16.0 Å². The van der Waals surface area contributed by atoms with Gasteiger partial charge in [-0.15, -0.1) is 0 Å². The van der Waals surface area contributed by atoms with Crippen LogP contribution in [0.3, 0.4) is 0 Å². The van der Waals surface area contributed by atoms with Crippen molar-refractivity contribution in [2.24, 2.45) is 5.41 Å². The number of aliphatic carboxylic acids is 1. The van der Waals surface area contributed by atoms with E-state index in [2.05, 4.69) is 10.6 Å². The molecule has 1 fully saturated rings. The first-order valence-electron chi connectivity index (χ1n) is 9.44. The summed E-state index contributed by atoms with van der Waals surface area (Å²) in [5.74, 6) is -1.28. The molecule has 0 aliphatic heterocycles. The molecular formula is C22H24N2O4. The van der Waals surface area contributed by atoms with Crippen molar-refractivity contribution in [3.63, 3.8) is 0 Å². The first-order chi connectivity index (χ1) is 13.5. The highest BCUT2D eigenvalue weighted by molar-refractivity contribution is 5.98. The summed E-state index contributed by atoms with van der Waals surface area (Å²) in [6.45, 7) is 0.0780. The number of amides is 2. The van der Waals surface area contributed by atoms with Gasteiger partial charge >= 0.3 is 5.97 Å². The summed E-state index contributed by atoms with van der Waals surface area (Å²) in [5, 5.41) is 14.1. The summed E-state index contributed by atoms with van der Waals surface area (Å²) in [6.07, 6.45) is 3.40. The summed E-state index contributed by atoms with van der Waals surface area (Å²) in [4.78, 5) is 35.4. The fraction of sp³-hybridized carbons (Fsp3) is 0.318. The van der Waals surface area contributed by atoms with Gasteiger partial charge in [0.05, 0.1) is 11.8 Å². The van der Waals surface area contributed by atoms with Crippen LogP contribution in [0.1, 0.15) is 41.6 Å². The first kappa shape index (κ1) is 19.6. The van der Waals surface area contributed by atoms with E-state index in [-0.39, 0.29) is 30.2 Å². The van der Waals surface area contributed by atoms with Gasteiger partial charge in [-0.3, -0.25) is 14.4 Å². The Kier molecular flexibility index (Phi) is 6.09. The zero-order chi connectivity index (χ0) is 20.0. The third-order valence-electron chi connectivity index (χ3n) is 5.21. The number of nitrogens with one attached hydrogen (secondary N) is 2. The number of hydrogen-bond acceptors (Lipinski definition) is 3. The van der Waals surface area contributed by atoms with Gasteiger partial charge < -0.3 is 15.7 Å². The van der Waals surface area contributed by atoms with Crippen LogP contribution in [0.5, 0.6) is 0 Å². The van der Waals surface area contributed by atoms with Crippen molar-refractivity contribution in [2.75, 3.05) is 11.9 Å². The molecule has 0 saturated heterocycles. The average Bonchev–Trinajstić information content (AvgIpc) is 2.65. The van der Waals surface area contributed by atoms with E-state index in [4.69, 9.17) is 5.11 Å². The number of anilines is 1. The third kappa shape index (κ3) is 4.76. The Balaban J connectivity index is 1.59. The summed E-state index contributed by atoms with van der Waals surface area (Å²) < 4.78 is 0. The smallest absolute Gasteiger partial charge is 0.305 e. The molecule has 6 heteroatoms. The van der Waals surface area contributed by atoms with E-state index in [1.54, 1.807) is 24.3 Å². The van der Waals surface area contributed by atoms with Crippen molar-refractivity contribution < 1.29 is 19.5 Å². The van der Waals surface area contributed by atoms with Gasteiger partial charge in [-0.05, 0) is 49.1 Å². The number of carbonyl (C=O) groups is 3. The maximum absolute atomic E-state index is 12.9. The van der Waals surface area contributed by atoms with Crippen molar-refractivity contribution in [1.82, 2.24) is 5.32 Å². The Labute approximate surface area is 164 Å². The summed E-state index contributed by atoms with van der Waals surface area (Å²) >= 11 is 0. The number of rotatable bonds is 8. The number of carboxylic acid groups (broad SMARTS) is 1. The van der Waals surface area contributed by atoms with Gasteiger partial charge in [0, 0.05) is 17.8 Å². The maximum atomic E-state index is 12.9. The minimum absolute atomic E-state index is 0.0151. The Morgan fingerprint density at radius 3 is 2.21 bits per heavy atom. The van der Waals surface area contributed by atoms with E-state index < -0.39 is 5.97 Å². The Morgan fingerprint density at radius 1 is 0.964 bits per heavy atom. The van der Waals surface area contributed by atoms with Gasteiger partial charge in [0.25, 0.3) is 5.91 Å². The van der Waals surface area contributed by atoms with Crippen LogP contribution < -0.4 is 10.6 Å². The van der Waals surface area contributed by atoms with Crippen LogP contribution in [0.4, 0.5) is 5.69 Å². The second-order valence-electron chi connectivity index (χ2n) is 7.23. The molecule has 1 saturated carbocycles. The highest BCUT2D eigenvalue weighted by Gasteiger charge is 2.43. The van der Waals surface area contributed by atoms with Crippen LogP contribution in [0, 0.1) is 5.41 Å². The van der Waals surface area contributed by atoms with E-state index in [0.717, 1.165) is 31.2 Å². The summed E-state index contributed by atoms with van der Waals surface area (Å²) in [7, 11) is 0. The standard InChI is InChI=1S/C22H24N2O4/c25-19(26)11-14-23-20(27)17-7-9-18(10-8-17)24-21(28)22(12-4-13-22)15-16-5-2-1-3-6-16/h1-3,5-10H,4,11-15H2,(H,23,27)(H,24,28)(H,25,26). The minimum Gasteiger partial charge on any atom is -0.481 e. The molecule has 28 heavy (non-hydrogen) atoms. The summed E-state index contributed by atoms with van der Waals surface area (Å²) in [5.41, 5.74) is 1.86. The molecule has 0 bridgehead atoms. The van der Waals surface area contributed by atoms with Crippen molar-refractivity contribution in [2.45, 2.75) is 32.1 Å². The Hall–Kier alpha value is -3.15. The second-order valence-corrected chi connectivity index (χ2v) is 7.23. The highest BCUT2D eigenvalue weighted by Crippen LogP contribution is 2.44. The molecule has 1 aliphatic carbocycles. The number of benzene rings is 2. The normalized spacial score (nSPS) is 14.6. The molecule has 2 aromatic rings. The van der Waals surface area contributed by atoms with Crippen LogP contribution in [-0.4, -0.2) is 29.4 Å². The molecule has 2 amide bonds. The number of hydrogen-bond donors (Lipinski definition) is 3. The van der Waals surface area contributed by atoms with Gasteiger partial charge in [-0.1, -0.05) is 36.8 Å². The predicted molar refractivity (Wildman–Crippen MR) is 106 cm³/mol. The van der Waals surface area contributed by atoms with Crippen molar-refractivity contribution in [3.8, 4) is 0 Å². The molecule has 6 nitrogen and oxygen atoms in total. The molecule has 0 spiro atoms. The van der Waals surface area contributed by atoms with Crippen molar-refractivity contribution in [3.05, 3.63) is 65.7 Å². The number of carboxylic acids is 1. The molecule has 0 heterocycles. The second kappa shape index (κ2) is 8.69. The monoisotopic (exact) mass is 380 g/mol. The lowest BCUT2D eigenvalue weighted by Gasteiger charge is -2.40. The van der Waals surface area contributed by atoms with Crippen LogP contribution in [0.2, 0.25) is 0 Å². The molecule has 0 aromatic heterocycles. The third-order valence-corrected chi connectivity index (χ3v) is 5.21. The predicted octanol–water partition coefficient (Wildman–Crippen LogP) is 3.24. The zero-order valence-corrected chi connectivity index (χ0v) is 15.6. The topological polar surface area (TPSA) is 95.5 Å². The molecule has 3 rings (SSSR count). The van der Waals surface area contributed by atoms with Crippen molar-refractivity contribution in [1.29, 1.82) is 0 Å². The molecule has 0 atom stereocenters. The van der Waals surface area contributed by atoms with Gasteiger partial charge in [-0.2, -0.15) is 0 Å². The lowest BCUT2D eigenvalue weighted by atomic mass is 9.64. The zero-order valence-electron chi connectivity index (χ0n) is 15.6. The lowest BCUT2D eigenvalue weighted by molar-refractivity contribution is -0.136. The lowest BCUT2D eigenvalue weighted by Crippen LogP contribution is -2.43. The molecule has 2 aromatic carbocycles. The fourth-order valence-corrected chi connectivity index (χ4v) is 3.43. The molecule has 0 radical (unpaired) electrons. The largest absolute Gasteiger partial charge is 0.481 e. The van der Waals surface area contributed by atoms with Gasteiger partial charge in [0.15, 0.2) is 0 Å². The van der Waals surface area contributed by atoms with E-state index in [9.17, 15) is 14.4 Å². The Morgan fingerprint density at radius 2 is 1.64 bits per heavy atom. The van der Waals surface area contributed by atoms with Gasteiger partial charge in [-0.25, -0.2) is 0 Å². The van der Waals surface area contributed by atoms with Gasteiger partial charge in [0.2, 0.25) is 5.91 Å². The van der Waals surface area contributed by atoms with E-state index in [0.29, 0.717) is 11.3 Å². The quantitative estimate of drug-likeness (QED) is 0.655. The highest BCUT2D eigenvalue weighted by atomic mass is 16.4. The van der Waals surface area contributed by atoms with E-state index >= 15 is 0 Å². The first-order valence-corrected chi connectivity index (χ1v) is 9.44. The van der Waals surface area contributed by atoms with E-state index in [1.807, 2.05) is 30.3 Å². The molecule has 1 aliphatic rings. The van der Waals surface area contributed by atoms with Crippen LogP contribution >= 0.6 is 0 Å². The van der Waals surface area contributed by atoms with E-state index in [1.165, 1.54) is 0 Å². The molecule has 146 valence electrons. The molecular weight excluding hydrogens is 356 g/mol. The van der Waals surface area contributed by atoms with Gasteiger partial charge in [0.1, 0.15) is 0 Å². The van der Waals surface area contributed by atoms with Crippen LogP contribution in [0.25, 0.3) is 0 Å². The maximum Gasteiger partial charge on any atom is 0.305 e. The molecule has 0 unspecified atom stereocenters. The fourth-order valence-electron chi connectivity index (χ4n) is 3.43. The average molecular weight is 380 g/mol. The Bertz CT molecular complexity index is 843.